The monoisotopic (exact) mass is 261 g/mol. The third kappa shape index (κ3) is 2.95. The van der Waals surface area contributed by atoms with Crippen LogP contribution in [-0.2, 0) is 17.7 Å². The van der Waals surface area contributed by atoms with E-state index in [1.807, 2.05) is 12.3 Å². The molecule has 1 aromatic heterocycles. The van der Waals surface area contributed by atoms with Crippen LogP contribution in [0.15, 0.2) is 12.3 Å². The molecule has 2 heterocycles. The molecule has 1 aliphatic carbocycles. The Hall–Kier alpha value is -1.00. The molecule has 3 rings (SSSR count). The second-order valence-electron chi connectivity index (χ2n) is 5.77. The molecule has 104 valence electrons. The van der Waals surface area contributed by atoms with Gasteiger partial charge in [-0.15, -0.1) is 0 Å². The largest absolute Gasteiger partial charge is 0.372 e. The molecule has 1 aromatic rings. The Labute approximate surface area is 115 Å². The lowest BCUT2D eigenvalue weighted by atomic mass is 9.99. The molecule has 0 bridgehead atoms. The summed E-state index contributed by atoms with van der Waals surface area (Å²) >= 11 is 0. The number of nitrogens with zero attached hydrogens (tertiary/aromatic N) is 3. The van der Waals surface area contributed by atoms with Gasteiger partial charge in [0.2, 0.25) is 0 Å². The van der Waals surface area contributed by atoms with Crippen molar-refractivity contribution in [3.05, 3.63) is 23.8 Å². The van der Waals surface area contributed by atoms with E-state index < -0.39 is 0 Å². The van der Waals surface area contributed by atoms with Gasteiger partial charge in [0.05, 0.1) is 17.9 Å². The minimum atomic E-state index is 0.152. The quantitative estimate of drug-likeness (QED) is 0.836. The van der Waals surface area contributed by atoms with E-state index in [9.17, 15) is 0 Å². The van der Waals surface area contributed by atoms with Crippen LogP contribution in [0.2, 0.25) is 0 Å². The van der Waals surface area contributed by atoms with Crippen LogP contribution >= 0.6 is 0 Å². The average molecular weight is 261 g/mol. The summed E-state index contributed by atoms with van der Waals surface area (Å²) in [5, 5.41) is 0. The van der Waals surface area contributed by atoms with Crippen molar-refractivity contribution in [2.75, 3.05) is 19.7 Å². The molecule has 4 nitrogen and oxygen atoms in total. The van der Waals surface area contributed by atoms with Crippen molar-refractivity contribution >= 4 is 0 Å². The summed E-state index contributed by atoms with van der Waals surface area (Å²) in [6.45, 7) is 5.99. The van der Waals surface area contributed by atoms with Crippen molar-refractivity contribution in [3.8, 4) is 0 Å². The zero-order valence-corrected chi connectivity index (χ0v) is 11.8. The van der Waals surface area contributed by atoms with Gasteiger partial charge in [-0.2, -0.15) is 0 Å². The molecule has 0 atom stereocenters. The molecular formula is C15H23N3O. The highest BCUT2D eigenvalue weighted by atomic mass is 16.5. The first-order valence-electron chi connectivity index (χ1n) is 7.47. The van der Waals surface area contributed by atoms with Crippen LogP contribution in [0.5, 0.6) is 0 Å². The van der Waals surface area contributed by atoms with Crippen LogP contribution in [0.3, 0.4) is 0 Å². The Balaban J connectivity index is 1.65. The Morgan fingerprint density at radius 1 is 1.37 bits per heavy atom. The van der Waals surface area contributed by atoms with Crippen LogP contribution in [0.4, 0.5) is 0 Å². The van der Waals surface area contributed by atoms with Crippen LogP contribution in [0.1, 0.15) is 44.1 Å². The lowest BCUT2D eigenvalue weighted by Gasteiger charge is -2.40. The fourth-order valence-corrected chi connectivity index (χ4v) is 3.31. The molecule has 19 heavy (non-hydrogen) atoms. The van der Waals surface area contributed by atoms with Crippen LogP contribution < -0.4 is 0 Å². The fraction of sp³-hybridized carbons (Fsp3) is 0.733. The van der Waals surface area contributed by atoms with E-state index in [1.54, 1.807) is 0 Å². The second kappa shape index (κ2) is 5.55. The fourth-order valence-electron chi connectivity index (χ4n) is 3.31. The summed E-state index contributed by atoms with van der Waals surface area (Å²) in [6.07, 6.45) is 7.89. The zero-order valence-electron chi connectivity index (χ0n) is 11.8. The van der Waals surface area contributed by atoms with Gasteiger partial charge in [0.15, 0.2) is 0 Å². The highest BCUT2D eigenvalue weighted by molar-refractivity contribution is 5.03. The molecule has 1 spiro atoms. The third-order valence-corrected chi connectivity index (χ3v) is 4.31. The van der Waals surface area contributed by atoms with Crippen LogP contribution in [0.25, 0.3) is 0 Å². The molecule has 0 radical (unpaired) electrons. The molecule has 4 heteroatoms. The molecule has 1 aliphatic heterocycles. The second-order valence-corrected chi connectivity index (χ2v) is 5.77. The first-order chi connectivity index (χ1) is 9.30. The van der Waals surface area contributed by atoms with Gasteiger partial charge in [-0.1, -0.05) is 19.8 Å². The normalized spacial score (nSPS) is 23.0. The van der Waals surface area contributed by atoms with E-state index in [-0.39, 0.29) is 5.60 Å². The molecule has 0 aromatic carbocycles. The maximum absolute atomic E-state index is 6.06. The summed E-state index contributed by atoms with van der Waals surface area (Å²) in [5.41, 5.74) is 1.29. The predicted octanol–water partition coefficient (Wildman–Crippen LogP) is 2.18. The van der Waals surface area contributed by atoms with Gasteiger partial charge in [-0.3, -0.25) is 4.90 Å². The van der Waals surface area contributed by atoms with Gasteiger partial charge < -0.3 is 4.74 Å². The van der Waals surface area contributed by atoms with E-state index in [0.29, 0.717) is 0 Å². The summed E-state index contributed by atoms with van der Waals surface area (Å²) in [6, 6.07) is 2.04. The number of aromatic nitrogens is 2. The lowest BCUT2D eigenvalue weighted by Crippen LogP contribution is -2.49. The van der Waals surface area contributed by atoms with Crippen molar-refractivity contribution in [1.29, 1.82) is 0 Å². The minimum absolute atomic E-state index is 0.152. The van der Waals surface area contributed by atoms with Crippen molar-refractivity contribution in [2.45, 2.75) is 51.2 Å². The van der Waals surface area contributed by atoms with Gasteiger partial charge in [0, 0.05) is 32.3 Å². The molecule has 1 saturated heterocycles. The lowest BCUT2D eigenvalue weighted by molar-refractivity contribution is -0.107. The van der Waals surface area contributed by atoms with E-state index in [4.69, 9.17) is 4.74 Å². The first-order valence-corrected chi connectivity index (χ1v) is 7.47. The molecule has 2 aliphatic rings. The number of rotatable bonds is 3. The maximum atomic E-state index is 6.06. The predicted molar refractivity (Wildman–Crippen MR) is 73.8 cm³/mol. The first kappa shape index (κ1) is 13.0. The topological polar surface area (TPSA) is 38.2 Å². The molecular weight excluding hydrogens is 238 g/mol. The SMILES string of the molecule is CCc1nccc(CN2CCOC3(CCCC3)C2)n1. The van der Waals surface area contributed by atoms with Gasteiger partial charge >= 0.3 is 0 Å². The number of morpholine rings is 1. The Morgan fingerprint density at radius 2 is 2.21 bits per heavy atom. The van der Waals surface area contributed by atoms with Crippen molar-refractivity contribution in [3.63, 3.8) is 0 Å². The summed E-state index contributed by atoms with van der Waals surface area (Å²) in [4.78, 5) is 11.4. The van der Waals surface area contributed by atoms with Crippen LogP contribution in [0, 0.1) is 0 Å². The number of aryl methyl sites for hydroxylation is 1. The van der Waals surface area contributed by atoms with E-state index in [2.05, 4.69) is 21.8 Å². The minimum Gasteiger partial charge on any atom is -0.372 e. The summed E-state index contributed by atoms with van der Waals surface area (Å²) < 4.78 is 6.06. The van der Waals surface area contributed by atoms with E-state index in [0.717, 1.165) is 44.2 Å². The van der Waals surface area contributed by atoms with Gasteiger partial charge in [0.25, 0.3) is 0 Å². The summed E-state index contributed by atoms with van der Waals surface area (Å²) in [5.74, 6) is 0.946. The zero-order chi connectivity index (χ0) is 13.1. The summed E-state index contributed by atoms with van der Waals surface area (Å²) in [7, 11) is 0. The highest BCUT2D eigenvalue weighted by Crippen LogP contribution is 2.36. The van der Waals surface area contributed by atoms with E-state index >= 15 is 0 Å². The molecule has 0 amide bonds. The third-order valence-electron chi connectivity index (χ3n) is 4.31. The number of hydrogen-bond acceptors (Lipinski definition) is 4. The van der Waals surface area contributed by atoms with Crippen molar-refractivity contribution in [1.82, 2.24) is 14.9 Å². The van der Waals surface area contributed by atoms with Gasteiger partial charge in [-0.25, -0.2) is 9.97 Å². The van der Waals surface area contributed by atoms with Crippen molar-refractivity contribution in [2.24, 2.45) is 0 Å². The molecule has 0 N–H and O–H groups in total. The van der Waals surface area contributed by atoms with Crippen LogP contribution in [-0.4, -0.2) is 40.2 Å². The highest BCUT2D eigenvalue weighted by Gasteiger charge is 2.39. The standard InChI is InChI=1S/C15H23N3O/c1-2-14-16-8-5-13(17-14)11-18-9-10-19-15(12-18)6-3-4-7-15/h5,8H,2-4,6-7,9-12H2,1H3. The van der Waals surface area contributed by atoms with E-state index in [1.165, 1.54) is 25.7 Å². The molecule has 2 fully saturated rings. The van der Waals surface area contributed by atoms with Gasteiger partial charge in [-0.05, 0) is 18.9 Å². The Morgan fingerprint density at radius 3 is 3.00 bits per heavy atom. The number of ether oxygens (including phenoxy) is 1. The smallest absolute Gasteiger partial charge is 0.128 e. The van der Waals surface area contributed by atoms with Gasteiger partial charge in [0.1, 0.15) is 5.82 Å². The maximum Gasteiger partial charge on any atom is 0.128 e. The average Bonchev–Trinajstić information content (AvgIpc) is 2.87. The number of hydrogen-bond donors (Lipinski definition) is 0. The van der Waals surface area contributed by atoms with Crippen molar-refractivity contribution < 1.29 is 4.74 Å². The molecule has 1 saturated carbocycles. The molecule has 0 unspecified atom stereocenters. The Bertz CT molecular complexity index is 429. The Kier molecular flexibility index (Phi) is 3.80.